The summed E-state index contributed by atoms with van der Waals surface area (Å²) in [5.74, 6) is 1.65. The molecule has 0 saturated carbocycles. The Kier molecular flexibility index (Phi) is 4.92. The van der Waals surface area contributed by atoms with Crippen LogP contribution < -0.4 is 0 Å². The number of furan rings is 1. The Labute approximate surface area is 129 Å². The molecular formula is C16H22N2O4. The van der Waals surface area contributed by atoms with E-state index in [9.17, 15) is 5.11 Å². The molecule has 3 heterocycles. The van der Waals surface area contributed by atoms with Crippen LogP contribution in [0.25, 0.3) is 0 Å². The Morgan fingerprint density at radius 1 is 1.55 bits per heavy atom. The summed E-state index contributed by atoms with van der Waals surface area (Å²) < 4.78 is 16.1. The molecule has 0 amide bonds. The van der Waals surface area contributed by atoms with Crippen molar-refractivity contribution in [2.75, 3.05) is 19.7 Å². The van der Waals surface area contributed by atoms with Crippen LogP contribution in [0.1, 0.15) is 36.1 Å². The van der Waals surface area contributed by atoms with Gasteiger partial charge in [-0.2, -0.15) is 0 Å². The third-order valence-electron chi connectivity index (χ3n) is 3.92. The van der Waals surface area contributed by atoms with Crippen LogP contribution in [0.2, 0.25) is 0 Å². The van der Waals surface area contributed by atoms with Crippen molar-refractivity contribution in [1.29, 1.82) is 0 Å². The number of rotatable bonds is 7. The summed E-state index contributed by atoms with van der Waals surface area (Å²) in [5.41, 5.74) is 0.893. The second kappa shape index (κ2) is 7.09. The van der Waals surface area contributed by atoms with E-state index in [1.54, 1.807) is 6.26 Å². The molecule has 0 aromatic carbocycles. The lowest BCUT2D eigenvalue weighted by Crippen LogP contribution is -2.34. The molecule has 2 atom stereocenters. The molecule has 0 aliphatic carbocycles. The van der Waals surface area contributed by atoms with Gasteiger partial charge in [-0.15, -0.1) is 0 Å². The predicted molar refractivity (Wildman–Crippen MR) is 79.2 cm³/mol. The first-order valence-corrected chi connectivity index (χ1v) is 7.68. The second-order valence-electron chi connectivity index (χ2n) is 5.77. The summed E-state index contributed by atoms with van der Waals surface area (Å²) in [7, 11) is 0. The smallest absolute Gasteiger partial charge is 0.154 e. The number of aromatic nitrogens is 1. The number of β-amino-alcohol motifs (C(OH)–C–C–N with tert-alkyl or cyclic N) is 1. The molecule has 6 heteroatoms. The van der Waals surface area contributed by atoms with Gasteiger partial charge in [0.25, 0.3) is 0 Å². The number of aryl methyl sites for hydroxylation is 1. The summed E-state index contributed by atoms with van der Waals surface area (Å²) in [6, 6.07) is 5.86. The van der Waals surface area contributed by atoms with Crippen molar-refractivity contribution < 1.29 is 18.8 Å². The van der Waals surface area contributed by atoms with E-state index in [4.69, 9.17) is 13.7 Å². The third-order valence-corrected chi connectivity index (χ3v) is 3.92. The molecule has 1 fully saturated rings. The van der Waals surface area contributed by atoms with Crippen LogP contribution in [0.5, 0.6) is 0 Å². The molecule has 1 saturated heterocycles. The maximum atomic E-state index is 10.2. The average molecular weight is 306 g/mol. The van der Waals surface area contributed by atoms with Crippen molar-refractivity contribution in [2.45, 2.75) is 38.5 Å². The summed E-state index contributed by atoms with van der Waals surface area (Å²) >= 11 is 0. The molecule has 0 unspecified atom stereocenters. The zero-order chi connectivity index (χ0) is 15.4. The Hall–Kier alpha value is -1.63. The quantitative estimate of drug-likeness (QED) is 0.846. The van der Waals surface area contributed by atoms with Gasteiger partial charge in [0, 0.05) is 12.6 Å². The fourth-order valence-corrected chi connectivity index (χ4v) is 2.92. The minimum absolute atomic E-state index is 0.209. The van der Waals surface area contributed by atoms with E-state index in [2.05, 4.69) is 10.1 Å². The van der Waals surface area contributed by atoms with Crippen molar-refractivity contribution in [3.63, 3.8) is 0 Å². The average Bonchev–Trinajstić information content (AvgIpc) is 3.20. The molecular weight excluding hydrogens is 284 g/mol. The van der Waals surface area contributed by atoms with Crippen LogP contribution in [-0.2, 0) is 11.3 Å². The first-order valence-electron chi connectivity index (χ1n) is 7.68. The van der Waals surface area contributed by atoms with E-state index in [1.807, 2.05) is 25.1 Å². The fourth-order valence-electron chi connectivity index (χ4n) is 2.92. The minimum atomic E-state index is -0.528. The summed E-state index contributed by atoms with van der Waals surface area (Å²) in [4.78, 5) is 2.24. The van der Waals surface area contributed by atoms with Gasteiger partial charge in [-0.1, -0.05) is 5.16 Å². The van der Waals surface area contributed by atoms with Crippen LogP contribution in [-0.4, -0.2) is 41.0 Å². The standard InChI is InChI=1S/C16H22N2O4/c1-12-8-16(22-17-12)15-5-2-6-18(15)9-13(19)10-20-11-14-4-3-7-21-14/h3-4,7-8,13,15,19H,2,5-6,9-11H2,1H3/t13-,15-/m1/s1. The normalized spacial score (nSPS) is 20.5. The Balaban J connectivity index is 1.46. The Bertz CT molecular complexity index is 566. The number of hydrogen-bond acceptors (Lipinski definition) is 6. The lowest BCUT2D eigenvalue weighted by molar-refractivity contribution is 0.00164. The molecule has 120 valence electrons. The molecule has 1 aliphatic heterocycles. The molecule has 6 nitrogen and oxygen atoms in total. The highest BCUT2D eigenvalue weighted by molar-refractivity contribution is 5.09. The fraction of sp³-hybridized carbons (Fsp3) is 0.562. The minimum Gasteiger partial charge on any atom is -0.467 e. The largest absolute Gasteiger partial charge is 0.467 e. The van der Waals surface area contributed by atoms with Crippen LogP contribution in [0.3, 0.4) is 0 Å². The first kappa shape index (κ1) is 15.3. The van der Waals surface area contributed by atoms with Gasteiger partial charge in [-0.3, -0.25) is 4.90 Å². The lowest BCUT2D eigenvalue weighted by atomic mass is 10.1. The Morgan fingerprint density at radius 3 is 3.18 bits per heavy atom. The van der Waals surface area contributed by atoms with Gasteiger partial charge in [-0.05, 0) is 38.4 Å². The Morgan fingerprint density at radius 2 is 2.45 bits per heavy atom. The van der Waals surface area contributed by atoms with Crippen molar-refractivity contribution in [3.05, 3.63) is 41.7 Å². The van der Waals surface area contributed by atoms with Gasteiger partial charge < -0.3 is 18.8 Å². The van der Waals surface area contributed by atoms with Crippen LogP contribution in [0, 0.1) is 6.92 Å². The molecule has 3 rings (SSSR count). The zero-order valence-corrected chi connectivity index (χ0v) is 12.8. The topological polar surface area (TPSA) is 71.9 Å². The molecule has 2 aromatic rings. The summed E-state index contributed by atoms with van der Waals surface area (Å²) in [5, 5.41) is 14.1. The van der Waals surface area contributed by atoms with Crippen LogP contribution in [0.4, 0.5) is 0 Å². The van der Waals surface area contributed by atoms with E-state index in [1.165, 1.54) is 0 Å². The second-order valence-corrected chi connectivity index (χ2v) is 5.77. The molecule has 22 heavy (non-hydrogen) atoms. The van der Waals surface area contributed by atoms with E-state index in [-0.39, 0.29) is 6.04 Å². The lowest BCUT2D eigenvalue weighted by Gasteiger charge is -2.24. The number of nitrogens with zero attached hydrogens (tertiary/aromatic N) is 2. The monoisotopic (exact) mass is 306 g/mol. The third kappa shape index (κ3) is 3.76. The highest BCUT2D eigenvalue weighted by Crippen LogP contribution is 2.32. The van der Waals surface area contributed by atoms with Crippen molar-refractivity contribution >= 4 is 0 Å². The van der Waals surface area contributed by atoms with E-state index >= 15 is 0 Å². The van der Waals surface area contributed by atoms with Gasteiger partial charge in [-0.25, -0.2) is 0 Å². The number of aliphatic hydroxyl groups is 1. The maximum absolute atomic E-state index is 10.2. The summed E-state index contributed by atoms with van der Waals surface area (Å²) in [6.07, 6.45) is 3.22. The first-order chi connectivity index (χ1) is 10.7. The molecule has 1 N–H and O–H groups in total. The number of hydrogen-bond donors (Lipinski definition) is 1. The maximum Gasteiger partial charge on any atom is 0.154 e. The highest BCUT2D eigenvalue weighted by Gasteiger charge is 2.30. The van der Waals surface area contributed by atoms with Crippen molar-refractivity contribution in [2.24, 2.45) is 0 Å². The summed E-state index contributed by atoms with van der Waals surface area (Å²) in [6.45, 7) is 4.12. The molecule has 0 spiro atoms. The van der Waals surface area contributed by atoms with Crippen LogP contribution >= 0.6 is 0 Å². The van der Waals surface area contributed by atoms with E-state index < -0.39 is 6.10 Å². The van der Waals surface area contributed by atoms with Crippen molar-refractivity contribution in [1.82, 2.24) is 10.1 Å². The van der Waals surface area contributed by atoms with Crippen LogP contribution in [0.15, 0.2) is 33.4 Å². The van der Waals surface area contributed by atoms with Gasteiger partial charge in [0.15, 0.2) is 5.76 Å². The van der Waals surface area contributed by atoms with Gasteiger partial charge >= 0.3 is 0 Å². The molecule has 0 radical (unpaired) electrons. The van der Waals surface area contributed by atoms with Gasteiger partial charge in [0.05, 0.1) is 30.7 Å². The molecule has 2 aromatic heterocycles. The number of likely N-dealkylation sites (tertiary alicyclic amines) is 1. The van der Waals surface area contributed by atoms with E-state index in [0.717, 1.165) is 36.6 Å². The number of aliphatic hydroxyl groups excluding tert-OH is 1. The molecule has 1 aliphatic rings. The van der Waals surface area contributed by atoms with Gasteiger partial charge in [0.2, 0.25) is 0 Å². The predicted octanol–water partition coefficient (Wildman–Crippen LogP) is 2.29. The van der Waals surface area contributed by atoms with Gasteiger partial charge in [0.1, 0.15) is 12.4 Å². The highest BCUT2D eigenvalue weighted by atomic mass is 16.5. The number of ether oxygens (including phenoxy) is 1. The molecule has 0 bridgehead atoms. The van der Waals surface area contributed by atoms with Crippen molar-refractivity contribution in [3.8, 4) is 0 Å². The van der Waals surface area contributed by atoms with E-state index in [0.29, 0.717) is 19.8 Å². The SMILES string of the molecule is Cc1cc([C@H]2CCCN2C[C@@H](O)COCc2ccco2)on1. The zero-order valence-electron chi connectivity index (χ0n) is 12.8.